The van der Waals surface area contributed by atoms with Crippen LogP contribution in [0.4, 0.5) is 0 Å². The van der Waals surface area contributed by atoms with Gasteiger partial charge < -0.3 is 4.74 Å². The molecule has 2 heteroatoms. The van der Waals surface area contributed by atoms with Crippen LogP contribution in [-0.2, 0) is 4.74 Å². The van der Waals surface area contributed by atoms with Gasteiger partial charge >= 0.3 is 0 Å². The largest absolute Gasteiger partial charge is 0.379 e. The first kappa shape index (κ1) is 13.3. The van der Waals surface area contributed by atoms with E-state index in [-0.39, 0.29) is 0 Å². The average Bonchev–Trinajstić information content (AvgIpc) is 2.05. The van der Waals surface area contributed by atoms with Gasteiger partial charge in [0.1, 0.15) is 0 Å². The molecular formula is C11H24OS. The van der Waals surface area contributed by atoms with E-state index < -0.39 is 0 Å². The van der Waals surface area contributed by atoms with Crippen molar-refractivity contribution in [2.24, 2.45) is 5.92 Å². The minimum absolute atomic E-state index is 0.438. The summed E-state index contributed by atoms with van der Waals surface area (Å²) in [7, 11) is 0. The SMILES string of the molecule is CCCC(C)OCCC(C)CCS. The lowest BCUT2D eigenvalue weighted by atomic mass is 10.1. The molecule has 0 aromatic heterocycles. The van der Waals surface area contributed by atoms with Crippen molar-refractivity contribution >= 4 is 12.6 Å². The molecule has 0 aromatic rings. The molecular weight excluding hydrogens is 180 g/mol. The van der Waals surface area contributed by atoms with Gasteiger partial charge in [0.2, 0.25) is 0 Å². The maximum Gasteiger partial charge on any atom is 0.0546 e. The Labute approximate surface area is 88.7 Å². The second-order valence-electron chi connectivity index (χ2n) is 3.88. The minimum Gasteiger partial charge on any atom is -0.379 e. The van der Waals surface area contributed by atoms with Crippen molar-refractivity contribution in [3.8, 4) is 0 Å². The van der Waals surface area contributed by atoms with Crippen molar-refractivity contribution in [2.75, 3.05) is 12.4 Å². The molecule has 1 nitrogen and oxygen atoms in total. The Hall–Kier alpha value is 0.310. The smallest absolute Gasteiger partial charge is 0.0546 e. The molecule has 13 heavy (non-hydrogen) atoms. The first-order valence-electron chi connectivity index (χ1n) is 5.43. The molecule has 0 amide bonds. The Morgan fingerprint density at radius 1 is 1.15 bits per heavy atom. The fourth-order valence-corrected chi connectivity index (χ4v) is 1.77. The summed E-state index contributed by atoms with van der Waals surface area (Å²) in [6.45, 7) is 7.54. The van der Waals surface area contributed by atoms with Crippen LogP contribution in [-0.4, -0.2) is 18.5 Å². The highest BCUT2D eigenvalue weighted by molar-refractivity contribution is 7.80. The Balaban J connectivity index is 3.23. The lowest BCUT2D eigenvalue weighted by molar-refractivity contribution is 0.0517. The third-order valence-corrected chi connectivity index (χ3v) is 2.59. The van der Waals surface area contributed by atoms with Crippen molar-refractivity contribution in [1.82, 2.24) is 0 Å². The van der Waals surface area contributed by atoms with Gasteiger partial charge in [0.25, 0.3) is 0 Å². The predicted octanol–water partition coefficient (Wildman–Crippen LogP) is 3.54. The lowest BCUT2D eigenvalue weighted by Gasteiger charge is -2.14. The van der Waals surface area contributed by atoms with E-state index >= 15 is 0 Å². The zero-order valence-electron chi connectivity index (χ0n) is 9.25. The van der Waals surface area contributed by atoms with Gasteiger partial charge in [0.05, 0.1) is 6.10 Å². The molecule has 0 aliphatic rings. The van der Waals surface area contributed by atoms with E-state index in [0.29, 0.717) is 6.10 Å². The summed E-state index contributed by atoms with van der Waals surface area (Å²) in [5.41, 5.74) is 0. The summed E-state index contributed by atoms with van der Waals surface area (Å²) in [5.74, 6) is 1.75. The van der Waals surface area contributed by atoms with Crippen molar-refractivity contribution in [2.45, 2.75) is 52.6 Å². The molecule has 80 valence electrons. The van der Waals surface area contributed by atoms with E-state index in [9.17, 15) is 0 Å². The zero-order chi connectivity index (χ0) is 10.1. The van der Waals surface area contributed by atoms with Crippen LogP contribution in [0.5, 0.6) is 0 Å². The first-order chi connectivity index (χ1) is 6.20. The van der Waals surface area contributed by atoms with Gasteiger partial charge in [-0.2, -0.15) is 12.6 Å². The molecule has 0 bridgehead atoms. The summed E-state index contributed by atoms with van der Waals surface area (Å²) >= 11 is 4.22. The fourth-order valence-electron chi connectivity index (χ4n) is 1.32. The van der Waals surface area contributed by atoms with E-state index in [1.54, 1.807) is 0 Å². The minimum atomic E-state index is 0.438. The summed E-state index contributed by atoms with van der Waals surface area (Å²) in [6.07, 6.45) is 5.21. The third kappa shape index (κ3) is 8.63. The van der Waals surface area contributed by atoms with E-state index in [0.717, 1.165) is 18.3 Å². The van der Waals surface area contributed by atoms with Crippen molar-refractivity contribution < 1.29 is 4.74 Å². The molecule has 2 atom stereocenters. The molecule has 0 fully saturated rings. The molecule has 0 heterocycles. The van der Waals surface area contributed by atoms with Crippen molar-refractivity contribution in [1.29, 1.82) is 0 Å². The first-order valence-corrected chi connectivity index (χ1v) is 6.06. The van der Waals surface area contributed by atoms with E-state index in [2.05, 4.69) is 33.4 Å². The van der Waals surface area contributed by atoms with Crippen molar-refractivity contribution in [3.05, 3.63) is 0 Å². The zero-order valence-corrected chi connectivity index (χ0v) is 10.1. The van der Waals surface area contributed by atoms with Gasteiger partial charge in [-0.3, -0.25) is 0 Å². The highest BCUT2D eigenvalue weighted by Gasteiger charge is 2.03. The molecule has 2 unspecified atom stereocenters. The van der Waals surface area contributed by atoms with Gasteiger partial charge in [-0.25, -0.2) is 0 Å². The number of thiol groups is 1. The highest BCUT2D eigenvalue weighted by Crippen LogP contribution is 2.09. The van der Waals surface area contributed by atoms with Crippen LogP contribution >= 0.6 is 12.6 Å². The summed E-state index contributed by atoms with van der Waals surface area (Å²) in [4.78, 5) is 0. The molecule has 0 radical (unpaired) electrons. The summed E-state index contributed by atoms with van der Waals surface area (Å²) in [5, 5.41) is 0. The Morgan fingerprint density at radius 3 is 2.38 bits per heavy atom. The predicted molar refractivity (Wildman–Crippen MR) is 62.6 cm³/mol. The summed E-state index contributed by atoms with van der Waals surface area (Å²) < 4.78 is 5.67. The van der Waals surface area contributed by atoms with Crippen LogP contribution < -0.4 is 0 Å². The van der Waals surface area contributed by atoms with Crippen molar-refractivity contribution in [3.63, 3.8) is 0 Å². The van der Waals surface area contributed by atoms with Gasteiger partial charge in [0.15, 0.2) is 0 Å². The van der Waals surface area contributed by atoms with E-state index in [1.165, 1.54) is 25.7 Å². The molecule has 0 aliphatic heterocycles. The number of hydrogen-bond acceptors (Lipinski definition) is 2. The van der Waals surface area contributed by atoms with Crippen LogP contribution in [0.1, 0.15) is 46.5 Å². The molecule has 0 rings (SSSR count). The second kappa shape index (κ2) is 8.89. The highest BCUT2D eigenvalue weighted by atomic mass is 32.1. The quantitative estimate of drug-likeness (QED) is 0.595. The molecule has 0 aromatic carbocycles. The van der Waals surface area contributed by atoms with Crippen LogP contribution in [0.15, 0.2) is 0 Å². The Bertz CT molecular complexity index is 94.3. The maximum absolute atomic E-state index is 5.67. The van der Waals surface area contributed by atoms with Gasteiger partial charge in [0, 0.05) is 6.61 Å². The van der Waals surface area contributed by atoms with Gasteiger partial charge in [-0.05, 0) is 37.9 Å². The normalized spacial score (nSPS) is 15.7. The van der Waals surface area contributed by atoms with Crippen LogP contribution in [0.3, 0.4) is 0 Å². The van der Waals surface area contributed by atoms with E-state index in [4.69, 9.17) is 4.74 Å². The second-order valence-corrected chi connectivity index (χ2v) is 4.32. The molecule has 0 N–H and O–H groups in total. The molecule has 0 spiro atoms. The van der Waals surface area contributed by atoms with Crippen LogP contribution in [0.2, 0.25) is 0 Å². The average molecular weight is 204 g/mol. The monoisotopic (exact) mass is 204 g/mol. The van der Waals surface area contributed by atoms with E-state index in [1.807, 2.05) is 0 Å². The van der Waals surface area contributed by atoms with Gasteiger partial charge in [-0.15, -0.1) is 0 Å². The number of rotatable bonds is 8. The number of ether oxygens (including phenoxy) is 1. The Kier molecular flexibility index (Phi) is 9.10. The maximum atomic E-state index is 5.67. The van der Waals surface area contributed by atoms with Crippen LogP contribution in [0, 0.1) is 5.92 Å². The summed E-state index contributed by atoms with van der Waals surface area (Å²) in [6, 6.07) is 0. The fraction of sp³-hybridized carbons (Fsp3) is 1.00. The van der Waals surface area contributed by atoms with Crippen LogP contribution in [0.25, 0.3) is 0 Å². The topological polar surface area (TPSA) is 9.23 Å². The molecule has 0 saturated carbocycles. The molecule has 0 aliphatic carbocycles. The Morgan fingerprint density at radius 2 is 1.85 bits per heavy atom. The lowest BCUT2D eigenvalue weighted by Crippen LogP contribution is -2.11. The molecule has 0 saturated heterocycles. The third-order valence-electron chi connectivity index (χ3n) is 2.33. The number of hydrogen-bond donors (Lipinski definition) is 1. The standard InChI is InChI=1S/C11H24OS/c1-4-5-11(3)12-8-6-10(2)7-9-13/h10-11,13H,4-9H2,1-3H3. The van der Waals surface area contributed by atoms with Gasteiger partial charge in [-0.1, -0.05) is 20.3 Å².